The van der Waals surface area contributed by atoms with Crippen LogP contribution in [-0.2, 0) is 9.31 Å². The first-order chi connectivity index (χ1) is 9.64. The molecule has 0 aliphatic carbocycles. The summed E-state index contributed by atoms with van der Waals surface area (Å²) in [6.45, 7) is 7.91. The van der Waals surface area contributed by atoms with E-state index in [9.17, 15) is 8.78 Å². The van der Waals surface area contributed by atoms with Crippen molar-refractivity contribution in [2.45, 2.75) is 38.9 Å². The van der Waals surface area contributed by atoms with E-state index in [0.29, 0.717) is 11.0 Å². The Labute approximate surface area is 124 Å². The van der Waals surface area contributed by atoms with Crippen molar-refractivity contribution >= 4 is 13.2 Å². The van der Waals surface area contributed by atoms with Gasteiger partial charge in [0, 0.05) is 12.6 Å². The van der Waals surface area contributed by atoms with Crippen LogP contribution in [0.25, 0.3) is 6.08 Å². The number of nitrogens with two attached hydrogens (primary N) is 1. The Hall–Kier alpha value is -1.24. The molecule has 1 fully saturated rings. The zero-order valence-corrected chi connectivity index (χ0v) is 12.7. The van der Waals surface area contributed by atoms with Crippen LogP contribution < -0.4 is 5.73 Å². The van der Waals surface area contributed by atoms with Gasteiger partial charge < -0.3 is 15.0 Å². The number of hydrogen-bond donors (Lipinski definition) is 1. The maximum absolute atomic E-state index is 13.2. The molecule has 1 aromatic rings. The van der Waals surface area contributed by atoms with Crippen molar-refractivity contribution in [2.75, 3.05) is 6.54 Å². The van der Waals surface area contributed by atoms with Gasteiger partial charge in [0.1, 0.15) is 11.6 Å². The van der Waals surface area contributed by atoms with E-state index in [2.05, 4.69) is 0 Å². The number of benzene rings is 1. The fourth-order valence-corrected chi connectivity index (χ4v) is 2.09. The van der Waals surface area contributed by atoms with Crippen LogP contribution in [-0.4, -0.2) is 24.9 Å². The van der Waals surface area contributed by atoms with Crippen LogP contribution in [0.15, 0.2) is 23.7 Å². The molecule has 0 amide bonds. The van der Waals surface area contributed by atoms with Gasteiger partial charge in [-0.2, -0.15) is 0 Å². The number of hydrogen-bond acceptors (Lipinski definition) is 3. The summed E-state index contributed by atoms with van der Waals surface area (Å²) >= 11 is 0. The largest absolute Gasteiger partial charge is 0.491 e. The van der Waals surface area contributed by atoms with E-state index in [0.717, 1.165) is 6.07 Å². The Bertz CT molecular complexity index is 537. The summed E-state index contributed by atoms with van der Waals surface area (Å²) in [5.74, 6) is -1.27. The normalized spacial score (nSPS) is 20.9. The molecule has 1 aliphatic rings. The van der Waals surface area contributed by atoms with Crippen LogP contribution in [0.4, 0.5) is 8.78 Å². The van der Waals surface area contributed by atoms with Gasteiger partial charge in [-0.3, -0.25) is 0 Å². The standard InChI is InChI=1S/C15H20BF2NO2/c1-14(2)15(3,4)21-16(20-14)11(9-19)5-10-6-12(17)8-13(18)7-10/h5-8H,9,19H2,1-4H3. The summed E-state index contributed by atoms with van der Waals surface area (Å²) in [4.78, 5) is 0. The van der Waals surface area contributed by atoms with E-state index >= 15 is 0 Å². The Morgan fingerprint density at radius 2 is 1.57 bits per heavy atom. The molecule has 0 unspecified atom stereocenters. The predicted molar refractivity (Wildman–Crippen MR) is 79.5 cm³/mol. The average molecular weight is 295 g/mol. The average Bonchev–Trinajstić information content (AvgIpc) is 2.54. The van der Waals surface area contributed by atoms with Crippen molar-refractivity contribution in [2.24, 2.45) is 5.73 Å². The Kier molecular flexibility index (Phi) is 4.24. The molecule has 0 spiro atoms. The SMILES string of the molecule is CC1(C)OB(C(=Cc2cc(F)cc(F)c2)CN)OC1(C)C. The summed E-state index contributed by atoms with van der Waals surface area (Å²) in [5, 5.41) is 0. The minimum Gasteiger partial charge on any atom is -0.400 e. The summed E-state index contributed by atoms with van der Waals surface area (Å²) in [5.41, 5.74) is 5.79. The van der Waals surface area contributed by atoms with Crippen molar-refractivity contribution in [3.05, 3.63) is 40.9 Å². The number of halogens is 2. The number of rotatable bonds is 3. The molecule has 0 atom stereocenters. The van der Waals surface area contributed by atoms with Crippen LogP contribution in [0.5, 0.6) is 0 Å². The zero-order valence-electron chi connectivity index (χ0n) is 12.7. The van der Waals surface area contributed by atoms with Gasteiger partial charge >= 0.3 is 7.12 Å². The Morgan fingerprint density at radius 3 is 2.00 bits per heavy atom. The molecule has 1 aromatic carbocycles. The van der Waals surface area contributed by atoms with Gasteiger partial charge in [0.05, 0.1) is 11.2 Å². The molecule has 1 aliphatic heterocycles. The van der Waals surface area contributed by atoms with Gasteiger partial charge in [0.25, 0.3) is 0 Å². The molecule has 3 nitrogen and oxygen atoms in total. The lowest BCUT2D eigenvalue weighted by Gasteiger charge is -2.32. The van der Waals surface area contributed by atoms with E-state index < -0.39 is 30.0 Å². The van der Waals surface area contributed by atoms with Gasteiger partial charge in [-0.1, -0.05) is 6.08 Å². The van der Waals surface area contributed by atoms with Gasteiger partial charge in [0.2, 0.25) is 0 Å². The predicted octanol–water partition coefficient (Wildman–Crippen LogP) is 2.94. The summed E-state index contributed by atoms with van der Waals surface area (Å²) < 4.78 is 38.3. The zero-order chi connectivity index (χ0) is 15.8. The molecule has 1 saturated heterocycles. The molecule has 0 aromatic heterocycles. The van der Waals surface area contributed by atoms with Crippen molar-refractivity contribution in [3.8, 4) is 0 Å². The van der Waals surface area contributed by atoms with E-state index in [4.69, 9.17) is 15.0 Å². The smallest absolute Gasteiger partial charge is 0.400 e. The fraction of sp³-hybridized carbons (Fsp3) is 0.467. The molecule has 0 bridgehead atoms. The van der Waals surface area contributed by atoms with E-state index in [-0.39, 0.29) is 6.54 Å². The first-order valence-electron chi connectivity index (χ1n) is 6.87. The van der Waals surface area contributed by atoms with Gasteiger partial charge in [-0.15, -0.1) is 0 Å². The monoisotopic (exact) mass is 295 g/mol. The van der Waals surface area contributed by atoms with Crippen LogP contribution >= 0.6 is 0 Å². The second kappa shape index (κ2) is 5.52. The van der Waals surface area contributed by atoms with Crippen LogP contribution in [0.2, 0.25) is 0 Å². The molecular formula is C15H20BF2NO2. The lowest BCUT2D eigenvalue weighted by molar-refractivity contribution is 0.00578. The minimum atomic E-state index is -0.633. The summed E-state index contributed by atoms with van der Waals surface area (Å²) in [7, 11) is -0.619. The van der Waals surface area contributed by atoms with E-state index in [1.807, 2.05) is 27.7 Å². The molecule has 6 heteroatoms. The molecule has 0 radical (unpaired) electrons. The molecule has 21 heavy (non-hydrogen) atoms. The highest BCUT2D eigenvalue weighted by Crippen LogP contribution is 2.38. The molecule has 114 valence electrons. The minimum absolute atomic E-state index is 0.176. The quantitative estimate of drug-likeness (QED) is 0.872. The first-order valence-corrected chi connectivity index (χ1v) is 6.87. The van der Waals surface area contributed by atoms with Crippen LogP contribution in [0.1, 0.15) is 33.3 Å². The third-order valence-electron chi connectivity index (χ3n) is 4.03. The third kappa shape index (κ3) is 3.34. The molecular weight excluding hydrogens is 275 g/mol. The van der Waals surface area contributed by atoms with Gasteiger partial charge in [0.15, 0.2) is 0 Å². The van der Waals surface area contributed by atoms with Crippen molar-refractivity contribution in [1.29, 1.82) is 0 Å². The second-order valence-corrected chi connectivity index (χ2v) is 6.21. The fourth-order valence-electron chi connectivity index (χ4n) is 2.09. The maximum Gasteiger partial charge on any atom is 0.491 e. The Balaban J connectivity index is 2.30. The highest BCUT2D eigenvalue weighted by Gasteiger charge is 2.52. The van der Waals surface area contributed by atoms with E-state index in [1.165, 1.54) is 12.1 Å². The summed E-state index contributed by atoms with van der Waals surface area (Å²) in [6, 6.07) is 3.31. The molecule has 1 heterocycles. The first kappa shape index (κ1) is 16.1. The summed E-state index contributed by atoms with van der Waals surface area (Å²) in [6.07, 6.45) is 1.61. The van der Waals surface area contributed by atoms with Crippen LogP contribution in [0, 0.1) is 11.6 Å². The lowest BCUT2D eigenvalue weighted by Crippen LogP contribution is -2.41. The molecule has 2 rings (SSSR count). The maximum atomic E-state index is 13.2. The lowest BCUT2D eigenvalue weighted by atomic mass is 9.77. The van der Waals surface area contributed by atoms with Gasteiger partial charge in [-0.05, 0) is 50.9 Å². The highest BCUT2D eigenvalue weighted by atomic mass is 19.1. The van der Waals surface area contributed by atoms with Crippen molar-refractivity contribution in [1.82, 2.24) is 0 Å². The van der Waals surface area contributed by atoms with Crippen LogP contribution in [0.3, 0.4) is 0 Å². The topological polar surface area (TPSA) is 44.5 Å². The molecule has 0 saturated carbocycles. The molecule has 2 N–H and O–H groups in total. The third-order valence-corrected chi connectivity index (χ3v) is 4.03. The van der Waals surface area contributed by atoms with Crippen molar-refractivity contribution in [3.63, 3.8) is 0 Å². The van der Waals surface area contributed by atoms with Gasteiger partial charge in [-0.25, -0.2) is 8.78 Å². The second-order valence-electron chi connectivity index (χ2n) is 6.21. The van der Waals surface area contributed by atoms with E-state index in [1.54, 1.807) is 6.08 Å². The van der Waals surface area contributed by atoms with Crippen molar-refractivity contribution < 1.29 is 18.1 Å². The highest BCUT2D eigenvalue weighted by molar-refractivity contribution is 6.55. The Morgan fingerprint density at radius 1 is 1.10 bits per heavy atom.